The molecule has 1 aliphatic carbocycles. The number of ether oxygens (including phenoxy) is 1. The molecule has 1 fully saturated rings. The van der Waals surface area contributed by atoms with Crippen LogP contribution in [0.3, 0.4) is 0 Å². The van der Waals surface area contributed by atoms with Crippen molar-refractivity contribution in [1.82, 2.24) is 20.6 Å². The van der Waals surface area contributed by atoms with Crippen LogP contribution in [0.5, 0.6) is 5.75 Å². The van der Waals surface area contributed by atoms with E-state index in [1.807, 2.05) is 37.3 Å². The zero-order valence-corrected chi connectivity index (χ0v) is 18.4. The lowest BCUT2D eigenvalue weighted by molar-refractivity contribution is 0.227. The minimum Gasteiger partial charge on any atom is -0.486 e. The highest BCUT2D eigenvalue weighted by molar-refractivity contribution is 6.36. The maximum Gasteiger partial charge on any atom is 0.197 e. The minimum absolute atomic E-state index is 0.274. The number of benzene rings is 3. The average molecular weight is 451 g/mol. The van der Waals surface area contributed by atoms with Crippen LogP contribution in [0.25, 0.3) is 22.9 Å². The Hall–Kier alpha value is -2.89. The van der Waals surface area contributed by atoms with Crippen molar-refractivity contribution in [3.8, 4) is 5.75 Å². The van der Waals surface area contributed by atoms with Crippen LogP contribution in [-0.2, 0) is 0 Å². The van der Waals surface area contributed by atoms with Crippen LogP contribution in [0.2, 0.25) is 10.0 Å². The molecule has 0 bridgehead atoms. The fourth-order valence-corrected chi connectivity index (χ4v) is 4.66. The second-order valence-electron chi connectivity index (χ2n) is 7.72. The predicted molar refractivity (Wildman–Crippen MR) is 125 cm³/mol. The Labute approximate surface area is 190 Å². The summed E-state index contributed by atoms with van der Waals surface area (Å²) in [6.07, 6.45) is 6.04. The minimum atomic E-state index is -0.274. The highest BCUT2D eigenvalue weighted by atomic mass is 35.5. The van der Waals surface area contributed by atoms with E-state index in [-0.39, 0.29) is 6.10 Å². The SMILES string of the molecule is C[C@H](Oc1ccc2ccc(/C=C/c3nn[nH]n3)c(C3CC3)c2c1)c1c(Cl)cccc1Cl. The van der Waals surface area contributed by atoms with Crippen molar-refractivity contribution in [2.75, 3.05) is 0 Å². The van der Waals surface area contributed by atoms with Gasteiger partial charge >= 0.3 is 0 Å². The monoisotopic (exact) mass is 450 g/mol. The second kappa shape index (κ2) is 8.33. The fourth-order valence-electron chi connectivity index (χ4n) is 3.95. The Balaban J connectivity index is 1.52. The van der Waals surface area contributed by atoms with Gasteiger partial charge in [0.05, 0.1) is 0 Å². The van der Waals surface area contributed by atoms with Crippen LogP contribution in [0, 0.1) is 0 Å². The molecule has 0 saturated heterocycles. The molecule has 0 amide bonds. The first-order chi connectivity index (χ1) is 15.1. The van der Waals surface area contributed by atoms with Crippen LogP contribution in [0.1, 0.15) is 54.3 Å². The van der Waals surface area contributed by atoms with E-state index in [4.69, 9.17) is 27.9 Å². The van der Waals surface area contributed by atoms with Gasteiger partial charge in [-0.05, 0) is 83.1 Å². The summed E-state index contributed by atoms with van der Waals surface area (Å²) in [7, 11) is 0. The van der Waals surface area contributed by atoms with E-state index >= 15 is 0 Å². The van der Waals surface area contributed by atoms with E-state index in [1.165, 1.54) is 34.7 Å². The molecular formula is C24H20Cl2N4O. The number of hydrogen-bond acceptors (Lipinski definition) is 4. The van der Waals surface area contributed by atoms with Crippen molar-refractivity contribution in [2.24, 2.45) is 0 Å². The summed E-state index contributed by atoms with van der Waals surface area (Å²) >= 11 is 12.7. The Morgan fingerprint density at radius 3 is 2.55 bits per heavy atom. The van der Waals surface area contributed by atoms with E-state index in [0.717, 1.165) is 11.3 Å². The molecule has 1 aliphatic rings. The van der Waals surface area contributed by atoms with Gasteiger partial charge in [-0.25, -0.2) is 0 Å². The van der Waals surface area contributed by atoms with Crippen molar-refractivity contribution in [1.29, 1.82) is 0 Å². The first-order valence-electron chi connectivity index (χ1n) is 10.2. The Morgan fingerprint density at radius 2 is 1.84 bits per heavy atom. The maximum atomic E-state index is 6.37. The normalized spacial score (nSPS) is 14.9. The van der Waals surface area contributed by atoms with Gasteiger partial charge in [0, 0.05) is 15.6 Å². The Morgan fingerprint density at radius 1 is 1.06 bits per heavy atom. The molecule has 5 nitrogen and oxygen atoms in total. The van der Waals surface area contributed by atoms with Gasteiger partial charge in [0.1, 0.15) is 11.9 Å². The van der Waals surface area contributed by atoms with Crippen molar-refractivity contribution in [2.45, 2.75) is 31.8 Å². The number of aromatic nitrogens is 4. The summed E-state index contributed by atoms with van der Waals surface area (Å²) < 4.78 is 6.26. The summed E-state index contributed by atoms with van der Waals surface area (Å²) in [6.45, 7) is 1.96. The molecule has 4 aromatic rings. The second-order valence-corrected chi connectivity index (χ2v) is 8.54. The zero-order valence-electron chi connectivity index (χ0n) is 16.8. The molecule has 156 valence electrons. The predicted octanol–water partition coefficient (Wildman–Crippen LogP) is 6.85. The van der Waals surface area contributed by atoms with Gasteiger partial charge in [-0.1, -0.05) is 53.5 Å². The standard InChI is InChI=1S/C24H20Cl2N4O/c1-14(23-20(25)3-2-4-21(23)26)31-18-11-9-15-5-6-17(10-12-22-27-29-30-28-22)24(16-7-8-16)19(15)13-18/h2-6,9-14,16H,7-8H2,1H3,(H,27,28,29,30)/b12-10+/t14-/m0/s1. The van der Waals surface area contributed by atoms with Crippen molar-refractivity contribution < 1.29 is 4.74 Å². The number of halogens is 2. The van der Waals surface area contributed by atoms with Gasteiger partial charge in [0.2, 0.25) is 0 Å². The number of fused-ring (bicyclic) bond motifs is 1. The molecule has 1 N–H and O–H groups in total. The van der Waals surface area contributed by atoms with Gasteiger partial charge in [-0.3, -0.25) is 0 Å². The van der Waals surface area contributed by atoms with E-state index < -0.39 is 0 Å². The van der Waals surface area contributed by atoms with Crippen molar-refractivity contribution in [3.05, 3.63) is 81.1 Å². The lowest BCUT2D eigenvalue weighted by Crippen LogP contribution is -2.05. The van der Waals surface area contributed by atoms with E-state index in [9.17, 15) is 0 Å². The molecule has 1 heterocycles. The fraction of sp³-hybridized carbons (Fsp3) is 0.208. The van der Waals surface area contributed by atoms with Crippen molar-refractivity contribution >= 4 is 46.1 Å². The lowest BCUT2D eigenvalue weighted by atomic mass is 9.95. The van der Waals surface area contributed by atoms with Crippen LogP contribution in [0.15, 0.2) is 48.5 Å². The summed E-state index contributed by atoms with van der Waals surface area (Å²) in [5.74, 6) is 1.90. The topological polar surface area (TPSA) is 63.7 Å². The maximum absolute atomic E-state index is 6.37. The highest BCUT2D eigenvalue weighted by Gasteiger charge is 2.27. The molecule has 31 heavy (non-hydrogen) atoms. The molecule has 3 aromatic carbocycles. The largest absolute Gasteiger partial charge is 0.486 e. The Bertz CT molecular complexity index is 1250. The molecule has 0 radical (unpaired) electrons. The van der Waals surface area contributed by atoms with E-state index in [0.29, 0.717) is 21.8 Å². The third-order valence-electron chi connectivity index (χ3n) is 5.55. The lowest BCUT2D eigenvalue weighted by Gasteiger charge is -2.19. The summed E-state index contributed by atoms with van der Waals surface area (Å²) in [5.41, 5.74) is 3.30. The molecule has 1 atom stereocenters. The van der Waals surface area contributed by atoms with Crippen LogP contribution in [-0.4, -0.2) is 20.6 Å². The van der Waals surface area contributed by atoms with Gasteiger partial charge in [-0.2, -0.15) is 5.21 Å². The van der Waals surface area contributed by atoms with Crippen LogP contribution >= 0.6 is 23.2 Å². The van der Waals surface area contributed by atoms with Crippen molar-refractivity contribution in [3.63, 3.8) is 0 Å². The number of nitrogens with one attached hydrogen (secondary N) is 1. The number of aromatic amines is 1. The van der Waals surface area contributed by atoms with Gasteiger partial charge in [0.15, 0.2) is 5.82 Å². The Kier molecular flexibility index (Phi) is 5.38. The molecular weight excluding hydrogens is 431 g/mol. The molecule has 7 heteroatoms. The summed E-state index contributed by atoms with van der Waals surface area (Å²) in [5, 5.41) is 17.7. The highest BCUT2D eigenvalue weighted by Crippen LogP contribution is 2.46. The molecule has 1 aromatic heterocycles. The first-order valence-corrected chi connectivity index (χ1v) is 10.9. The number of H-pyrrole nitrogens is 1. The third kappa shape index (κ3) is 4.16. The summed E-state index contributed by atoms with van der Waals surface area (Å²) in [6, 6.07) is 16.0. The molecule has 0 aliphatic heterocycles. The summed E-state index contributed by atoms with van der Waals surface area (Å²) in [4.78, 5) is 0. The number of nitrogens with zero attached hydrogens (tertiary/aromatic N) is 3. The van der Waals surface area contributed by atoms with Gasteiger partial charge in [0.25, 0.3) is 0 Å². The van der Waals surface area contributed by atoms with E-state index in [1.54, 1.807) is 0 Å². The molecule has 0 spiro atoms. The zero-order chi connectivity index (χ0) is 21.4. The van der Waals surface area contributed by atoms with E-state index in [2.05, 4.69) is 51.0 Å². The molecule has 1 saturated carbocycles. The smallest absolute Gasteiger partial charge is 0.197 e. The van der Waals surface area contributed by atoms with Crippen LogP contribution < -0.4 is 4.74 Å². The quantitative estimate of drug-likeness (QED) is 0.348. The first kappa shape index (κ1) is 20.0. The molecule has 0 unspecified atom stereocenters. The van der Waals surface area contributed by atoms with Gasteiger partial charge in [-0.15, -0.1) is 10.2 Å². The molecule has 5 rings (SSSR count). The van der Waals surface area contributed by atoms with Gasteiger partial charge < -0.3 is 4.74 Å². The number of hydrogen-bond donors (Lipinski definition) is 1. The van der Waals surface area contributed by atoms with Crippen LogP contribution in [0.4, 0.5) is 0 Å². The number of tetrazole rings is 1. The number of rotatable bonds is 6. The third-order valence-corrected chi connectivity index (χ3v) is 6.21. The average Bonchev–Trinajstić information content (AvgIpc) is 3.45.